The number of hydrogen-bond donors (Lipinski definition) is 2. The molecule has 2 aliphatic rings. The van der Waals surface area contributed by atoms with Gasteiger partial charge in [-0.05, 0) is 80.8 Å². The maximum absolute atomic E-state index is 5.49. The van der Waals surface area contributed by atoms with Crippen LogP contribution in [0.5, 0.6) is 0 Å². The molecular weight excluding hydrogens is 416 g/mol. The van der Waals surface area contributed by atoms with E-state index in [0.29, 0.717) is 5.11 Å². The van der Waals surface area contributed by atoms with Crippen LogP contribution in [0, 0.1) is 12.8 Å². The molecule has 6 nitrogen and oxygen atoms in total. The molecule has 32 heavy (non-hydrogen) atoms. The molecule has 1 saturated carbocycles. The van der Waals surface area contributed by atoms with E-state index in [1.165, 1.54) is 30.3 Å². The number of nitrogens with zero attached hydrogens (tertiary/aromatic N) is 4. The summed E-state index contributed by atoms with van der Waals surface area (Å²) in [6.07, 6.45) is 2.86. The van der Waals surface area contributed by atoms with Gasteiger partial charge in [-0.1, -0.05) is 13.8 Å². The molecule has 1 saturated heterocycles. The predicted molar refractivity (Wildman–Crippen MR) is 140 cm³/mol. The minimum Gasteiger partial charge on any atom is -0.361 e. The summed E-state index contributed by atoms with van der Waals surface area (Å²) >= 11 is 5.49. The third kappa shape index (κ3) is 6.09. The zero-order valence-corrected chi connectivity index (χ0v) is 20.7. The number of rotatable bonds is 9. The highest BCUT2D eigenvalue weighted by Gasteiger charge is 2.26. The van der Waals surface area contributed by atoms with Crippen LogP contribution in [0.25, 0.3) is 10.9 Å². The van der Waals surface area contributed by atoms with Crippen molar-refractivity contribution < 1.29 is 0 Å². The van der Waals surface area contributed by atoms with E-state index in [4.69, 9.17) is 17.2 Å². The van der Waals surface area contributed by atoms with Crippen LogP contribution in [0.15, 0.2) is 24.3 Å². The third-order valence-electron chi connectivity index (χ3n) is 6.78. The van der Waals surface area contributed by atoms with Gasteiger partial charge in [-0.2, -0.15) is 0 Å². The van der Waals surface area contributed by atoms with E-state index in [0.717, 1.165) is 75.3 Å². The number of nitrogens with one attached hydrogen (secondary N) is 2. The molecule has 2 heterocycles. The summed E-state index contributed by atoms with van der Waals surface area (Å²) in [5, 5.41) is 8.50. The normalized spacial score (nSPS) is 17.2. The van der Waals surface area contributed by atoms with Crippen LogP contribution in [0.2, 0.25) is 0 Å². The van der Waals surface area contributed by atoms with Gasteiger partial charge in [0, 0.05) is 56.9 Å². The topological polar surface area (TPSA) is 46.7 Å². The average Bonchev–Trinajstić information content (AvgIpc) is 3.61. The zero-order chi connectivity index (χ0) is 22.5. The van der Waals surface area contributed by atoms with Crippen LogP contribution in [0.4, 0.5) is 11.5 Å². The van der Waals surface area contributed by atoms with Crippen molar-refractivity contribution in [3.05, 3.63) is 29.8 Å². The molecule has 0 atom stereocenters. The highest BCUT2D eigenvalue weighted by molar-refractivity contribution is 7.80. The van der Waals surface area contributed by atoms with E-state index < -0.39 is 0 Å². The van der Waals surface area contributed by atoms with Crippen molar-refractivity contribution in [2.75, 3.05) is 69.1 Å². The summed E-state index contributed by atoms with van der Waals surface area (Å²) in [4.78, 5) is 12.4. The summed E-state index contributed by atoms with van der Waals surface area (Å²) in [6, 6.07) is 8.58. The summed E-state index contributed by atoms with van der Waals surface area (Å²) < 4.78 is 0. The number of aryl methyl sites for hydroxylation is 1. The van der Waals surface area contributed by atoms with E-state index >= 15 is 0 Å². The Morgan fingerprint density at radius 3 is 2.56 bits per heavy atom. The number of benzene rings is 1. The number of pyridine rings is 1. The van der Waals surface area contributed by atoms with Crippen molar-refractivity contribution in [1.29, 1.82) is 0 Å². The first-order valence-electron chi connectivity index (χ1n) is 12.2. The molecule has 2 fully saturated rings. The molecule has 1 aromatic carbocycles. The molecule has 7 heteroatoms. The molecule has 4 rings (SSSR count). The fourth-order valence-electron chi connectivity index (χ4n) is 4.48. The number of anilines is 2. The van der Waals surface area contributed by atoms with Crippen molar-refractivity contribution in [2.45, 2.75) is 33.6 Å². The van der Waals surface area contributed by atoms with Crippen LogP contribution in [-0.4, -0.2) is 78.8 Å². The Morgan fingerprint density at radius 1 is 1.12 bits per heavy atom. The van der Waals surface area contributed by atoms with Crippen molar-refractivity contribution in [1.82, 2.24) is 20.1 Å². The highest BCUT2D eigenvalue weighted by atomic mass is 32.1. The van der Waals surface area contributed by atoms with Gasteiger partial charge in [0.25, 0.3) is 0 Å². The molecule has 2 aromatic rings. The van der Waals surface area contributed by atoms with E-state index in [-0.39, 0.29) is 0 Å². The molecule has 1 aromatic heterocycles. The maximum Gasteiger partial charge on any atom is 0.170 e. The summed E-state index contributed by atoms with van der Waals surface area (Å²) in [5.74, 6) is 2.08. The molecular formula is C25H38N6S. The Bertz CT molecular complexity index is 916. The fourth-order valence-corrected chi connectivity index (χ4v) is 4.70. The molecule has 0 spiro atoms. The number of aromatic nitrogens is 1. The van der Waals surface area contributed by atoms with Crippen molar-refractivity contribution in [3.8, 4) is 0 Å². The number of thiocarbonyl (C=S) groups is 1. The van der Waals surface area contributed by atoms with Crippen LogP contribution in [0.3, 0.4) is 0 Å². The second-order valence-electron chi connectivity index (χ2n) is 9.17. The lowest BCUT2D eigenvalue weighted by Gasteiger charge is -2.35. The zero-order valence-electron chi connectivity index (χ0n) is 19.9. The molecule has 2 N–H and O–H groups in total. The number of fused-ring (bicyclic) bond motifs is 1. The number of likely N-dealkylation sites (N-methyl/N-ethyl adjacent to an activating group) is 1. The lowest BCUT2D eigenvalue weighted by molar-refractivity contribution is 0.247. The van der Waals surface area contributed by atoms with Gasteiger partial charge in [0.2, 0.25) is 0 Å². The molecule has 174 valence electrons. The quantitative estimate of drug-likeness (QED) is 0.560. The largest absolute Gasteiger partial charge is 0.361 e. The first-order chi connectivity index (χ1) is 15.6. The maximum atomic E-state index is 5.49. The Morgan fingerprint density at radius 2 is 1.88 bits per heavy atom. The Labute approximate surface area is 198 Å². The molecule has 0 radical (unpaired) electrons. The Kier molecular flexibility index (Phi) is 7.81. The minimum absolute atomic E-state index is 0.669. The predicted octanol–water partition coefficient (Wildman–Crippen LogP) is 3.70. The first-order valence-corrected chi connectivity index (χ1v) is 12.6. The van der Waals surface area contributed by atoms with Gasteiger partial charge in [-0.3, -0.25) is 4.90 Å². The molecule has 0 bridgehead atoms. The van der Waals surface area contributed by atoms with E-state index in [1.807, 2.05) is 0 Å². The standard InChI is InChI=1S/C25H38N6S/c1-4-29(5-2)11-10-26-25(32)27-21-8-9-23-22(17-21)19(3)16-24(28-23)31-14-12-30(13-15-31)18-20-6-7-20/h8-9,16-17,20H,4-7,10-15,18H2,1-3H3,(H2,26,27,32). The number of piperazine rings is 1. The van der Waals surface area contributed by atoms with Crippen LogP contribution >= 0.6 is 12.2 Å². The lowest BCUT2D eigenvalue weighted by atomic mass is 10.1. The second-order valence-corrected chi connectivity index (χ2v) is 9.58. The van der Waals surface area contributed by atoms with Crippen LogP contribution in [-0.2, 0) is 0 Å². The Hall–Kier alpha value is -1.96. The van der Waals surface area contributed by atoms with Gasteiger partial charge in [-0.25, -0.2) is 4.98 Å². The van der Waals surface area contributed by atoms with Gasteiger partial charge in [0.05, 0.1) is 5.52 Å². The third-order valence-corrected chi connectivity index (χ3v) is 7.02. The first kappa shape index (κ1) is 23.2. The van der Waals surface area contributed by atoms with E-state index in [2.05, 4.69) is 70.4 Å². The molecule has 0 amide bonds. The summed E-state index contributed by atoms with van der Waals surface area (Å²) in [7, 11) is 0. The molecule has 1 aliphatic carbocycles. The summed E-state index contributed by atoms with van der Waals surface area (Å²) in [6.45, 7) is 16.2. The second kappa shape index (κ2) is 10.8. The van der Waals surface area contributed by atoms with Gasteiger partial charge < -0.3 is 20.4 Å². The van der Waals surface area contributed by atoms with Gasteiger partial charge >= 0.3 is 0 Å². The Balaban J connectivity index is 1.35. The van der Waals surface area contributed by atoms with Crippen molar-refractivity contribution in [2.24, 2.45) is 5.92 Å². The van der Waals surface area contributed by atoms with Crippen LogP contribution < -0.4 is 15.5 Å². The van der Waals surface area contributed by atoms with Gasteiger partial charge in [0.1, 0.15) is 5.82 Å². The fraction of sp³-hybridized carbons (Fsp3) is 0.600. The molecule has 0 unspecified atom stereocenters. The minimum atomic E-state index is 0.669. The SMILES string of the molecule is CCN(CC)CCNC(=S)Nc1ccc2nc(N3CCN(CC4CC4)CC3)cc(C)c2c1. The highest BCUT2D eigenvalue weighted by Crippen LogP contribution is 2.30. The van der Waals surface area contributed by atoms with E-state index in [1.54, 1.807) is 0 Å². The van der Waals surface area contributed by atoms with Crippen molar-refractivity contribution >= 4 is 39.7 Å². The number of hydrogen-bond acceptors (Lipinski definition) is 5. The monoisotopic (exact) mass is 454 g/mol. The summed E-state index contributed by atoms with van der Waals surface area (Å²) in [5.41, 5.74) is 3.31. The van der Waals surface area contributed by atoms with Crippen molar-refractivity contribution in [3.63, 3.8) is 0 Å². The average molecular weight is 455 g/mol. The van der Waals surface area contributed by atoms with E-state index in [9.17, 15) is 0 Å². The van der Waals surface area contributed by atoms with Crippen LogP contribution in [0.1, 0.15) is 32.3 Å². The smallest absolute Gasteiger partial charge is 0.170 e. The molecule has 1 aliphatic heterocycles. The van der Waals surface area contributed by atoms with Gasteiger partial charge in [0.15, 0.2) is 5.11 Å². The lowest BCUT2D eigenvalue weighted by Crippen LogP contribution is -2.47. The van der Waals surface area contributed by atoms with Gasteiger partial charge in [-0.15, -0.1) is 0 Å².